The van der Waals surface area contributed by atoms with Crippen LogP contribution in [0.25, 0.3) is 0 Å². The van der Waals surface area contributed by atoms with Crippen LogP contribution >= 0.6 is 23.2 Å². The third kappa shape index (κ3) is 4.54. The van der Waals surface area contributed by atoms with Crippen molar-refractivity contribution in [1.29, 1.82) is 5.26 Å². The van der Waals surface area contributed by atoms with Crippen LogP contribution in [-0.2, 0) is 23.8 Å². The Kier molecular flexibility index (Phi) is 7.69. The minimum atomic E-state index is -1.07. The highest BCUT2D eigenvalue weighted by atomic mass is 35.5. The lowest BCUT2D eigenvalue weighted by Crippen LogP contribution is -2.41. The van der Waals surface area contributed by atoms with Crippen LogP contribution in [0.5, 0.6) is 0 Å². The van der Waals surface area contributed by atoms with Crippen molar-refractivity contribution in [3.63, 3.8) is 0 Å². The Morgan fingerprint density at radius 1 is 0.943 bits per heavy atom. The first kappa shape index (κ1) is 25.6. The number of anilines is 1. The summed E-state index contributed by atoms with van der Waals surface area (Å²) in [7, 11) is 3.38. The van der Waals surface area contributed by atoms with E-state index in [4.69, 9.17) is 43.1 Å². The van der Waals surface area contributed by atoms with Crippen LogP contribution in [0.4, 0.5) is 5.69 Å². The molecule has 9 nitrogen and oxygen atoms in total. The van der Waals surface area contributed by atoms with Crippen LogP contribution in [0.2, 0.25) is 10.0 Å². The van der Waals surface area contributed by atoms with Crippen LogP contribution in [0.1, 0.15) is 21.8 Å². The zero-order chi connectivity index (χ0) is 25.9. The van der Waals surface area contributed by atoms with Crippen molar-refractivity contribution in [1.82, 2.24) is 0 Å². The monoisotopic (exact) mass is 515 g/mol. The smallest absolute Gasteiger partial charge is 0.355 e. The lowest BCUT2D eigenvalue weighted by molar-refractivity contribution is -0.139. The molecule has 3 rings (SSSR count). The Labute approximate surface area is 210 Å². The molecule has 35 heavy (non-hydrogen) atoms. The summed E-state index contributed by atoms with van der Waals surface area (Å²) in [5.41, 5.74) is 6.07. The fraction of sp³-hybridized carbons (Fsp3) is 0.167. The van der Waals surface area contributed by atoms with Crippen molar-refractivity contribution in [2.45, 2.75) is 5.92 Å². The number of methoxy groups -OCH3 is 3. The van der Waals surface area contributed by atoms with Gasteiger partial charge >= 0.3 is 17.9 Å². The Balaban J connectivity index is 2.51. The number of rotatable bonds is 5. The van der Waals surface area contributed by atoms with Gasteiger partial charge in [0.15, 0.2) is 0 Å². The molecule has 0 amide bonds. The number of esters is 3. The van der Waals surface area contributed by atoms with Crippen molar-refractivity contribution >= 4 is 46.8 Å². The molecule has 0 spiro atoms. The van der Waals surface area contributed by atoms with Gasteiger partial charge in [-0.25, -0.2) is 14.4 Å². The number of nitriles is 1. The third-order valence-electron chi connectivity index (χ3n) is 5.30. The number of hydrogen-bond acceptors (Lipinski definition) is 9. The lowest BCUT2D eigenvalue weighted by atomic mass is 9.80. The lowest BCUT2D eigenvalue weighted by Gasteiger charge is -2.36. The maximum Gasteiger partial charge on any atom is 0.355 e. The Morgan fingerprint density at radius 3 is 2.06 bits per heavy atom. The molecule has 0 saturated carbocycles. The molecule has 1 unspecified atom stereocenters. The molecule has 0 aromatic heterocycles. The highest BCUT2D eigenvalue weighted by molar-refractivity contribution is 6.42. The summed E-state index contributed by atoms with van der Waals surface area (Å²) < 4.78 is 14.8. The number of halogens is 2. The van der Waals surface area contributed by atoms with E-state index in [2.05, 4.69) is 0 Å². The second-order valence-corrected chi connectivity index (χ2v) is 7.92. The van der Waals surface area contributed by atoms with Gasteiger partial charge in [-0.2, -0.15) is 5.26 Å². The Morgan fingerprint density at radius 2 is 1.51 bits per heavy atom. The minimum absolute atomic E-state index is 0.00893. The van der Waals surface area contributed by atoms with E-state index in [0.29, 0.717) is 5.56 Å². The van der Waals surface area contributed by atoms with E-state index < -0.39 is 23.8 Å². The summed E-state index contributed by atoms with van der Waals surface area (Å²) in [6.45, 7) is 0. The van der Waals surface area contributed by atoms with E-state index in [9.17, 15) is 19.6 Å². The molecule has 11 heteroatoms. The average molecular weight is 516 g/mol. The highest BCUT2D eigenvalue weighted by Crippen LogP contribution is 2.45. The van der Waals surface area contributed by atoms with Gasteiger partial charge in [-0.05, 0) is 17.7 Å². The van der Waals surface area contributed by atoms with Gasteiger partial charge in [0.1, 0.15) is 11.5 Å². The number of hydrogen-bond donors (Lipinski definition) is 1. The molecule has 0 bridgehead atoms. The first-order valence-corrected chi connectivity index (χ1v) is 10.7. The maximum absolute atomic E-state index is 13.1. The fourth-order valence-corrected chi connectivity index (χ4v) is 4.08. The maximum atomic E-state index is 13.1. The Hall–Kier alpha value is -4.00. The van der Waals surface area contributed by atoms with Crippen LogP contribution in [0, 0.1) is 11.3 Å². The summed E-state index contributed by atoms with van der Waals surface area (Å²) in [4.78, 5) is 39.9. The van der Waals surface area contributed by atoms with E-state index in [1.807, 2.05) is 6.07 Å². The van der Waals surface area contributed by atoms with Crippen molar-refractivity contribution < 1.29 is 28.6 Å². The van der Waals surface area contributed by atoms with Gasteiger partial charge < -0.3 is 19.9 Å². The molecule has 1 aliphatic heterocycles. The van der Waals surface area contributed by atoms with Crippen LogP contribution < -0.4 is 10.6 Å². The van der Waals surface area contributed by atoms with E-state index in [0.717, 1.165) is 26.2 Å². The molecular weight excluding hydrogens is 497 g/mol. The SMILES string of the molecule is COC(=O)C1=C(C(=O)OC)N(c2cc(Cl)c(Cl)cc2C(=O)OC)C(N)=C(C#N)C1c1ccccc1. The summed E-state index contributed by atoms with van der Waals surface area (Å²) >= 11 is 12.3. The van der Waals surface area contributed by atoms with Crippen LogP contribution in [-0.4, -0.2) is 39.2 Å². The number of allylic oxidation sites excluding steroid dienone is 1. The number of nitrogens with two attached hydrogens (primary N) is 1. The van der Waals surface area contributed by atoms with E-state index in [1.54, 1.807) is 30.3 Å². The minimum Gasteiger partial charge on any atom is -0.466 e. The fourth-order valence-electron chi connectivity index (χ4n) is 3.76. The van der Waals surface area contributed by atoms with Gasteiger partial charge in [-0.3, -0.25) is 4.90 Å². The second-order valence-electron chi connectivity index (χ2n) is 7.11. The standard InChI is InChI=1S/C24H19Cl2N3O6/c1-33-22(30)13-9-15(25)16(26)10-17(13)29-20(24(32)35-3)19(23(31)34-2)18(14(11-27)21(29)28)12-7-5-4-6-8-12/h4-10,18H,28H2,1-3H3. The van der Waals surface area contributed by atoms with Crippen molar-refractivity contribution in [3.05, 3.63) is 86.3 Å². The number of carbonyl (C=O) groups excluding carboxylic acids is 3. The summed E-state index contributed by atoms with van der Waals surface area (Å²) in [5, 5.41) is 10.1. The second kappa shape index (κ2) is 10.5. The molecule has 2 aromatic rings. The first-order chi connectivity index (χ1) is 16.7. The predicted octanol–water partition coefficient (Wildman–Crippen LogP) is 3.68. The first-order valence-electron chi connectivity index (χ1n) is 9.94. The molecule has 0 radical (unpaired) electrons. The zero-order valence-electron chi connectivity index (χ0n) is 18.8. The van der Waals surface area contributed by atoms with Crippen molar-refractivity contribution in [2.75, 3.05) is 26.2 Å². The molecule has 2 N–H and O–H groups in total. The van der Waals surface area contributed by atoms with Gasteiger partial charge in [0, 0.05) is 0 Å². The molecular formula is C24H19Cl2N3O6. The summed E-state index contributed by atoms with van der Waals surface area (Å²) in [5.74, 6) is -4.03. The van der Waals surface area contributed by atoms with Gasteiger partial charge in [-0.15, -0.1) is 0 Å². The van der Waals surface area contributed by atoms with Gasteiger partial charge in [0.05, 0.1) is 65.8 Å². The molecule has 1 atom stereocenters. The highest BCUT2D eigenvalue weighted by Gasteiger charge is 2.44. The van der Waals surface area contributed by atoms with E-state index >= 15 is 0 Å². The zero-order valence-corrected chi connectivity index (χ0v) is 20.3. The van der Waals surface area contributed by atoms with Gasteiger partial charge in [0.2, 0.25) is 0 Å². The molecule has 180 valence electrons. The quantitative estimate of drug-likeness (QED) is 0.467. The van der Waals surface area contributed by atoms with Crippen LogP contribution in [0.15, 0.2) is 65.1 Å². The largest absolute Gasteiger partial charge is 0.466 e. The molecule has 0 fully saturated rings. The number of carbonyl (C=O) groups is 3. The summed E-state index contributed by atoms with van der Waals surface area (Å²) in [6, 6.07) is 13.0. The van der Waals surface area contributed by atoms with Crippen molar-refractivity contribution in [3.8, 4) is 6.07 Å². The number of nitrogens with zero attached hydrogens (tertiary/aromatic N) is 2. The molecule has 1 aliphatic rings. The van der Waals surface area contributed by atoms with E-state index in [-0.39, 0.29) is 44.0 Å². The van der Waals surface area contributed by atoms with Gasteiger partial charge in [-0.1, -0.05) is 53.5 Å². The summed E-state index contributed by atoms with van der Waals surface area (Å²) in [6.07, 6.45) is 0. The Bertz CT molecular complexity index is 1310. The van der Waals surface area contributed by atoms with E-state index in [1.165, 1.54) is 12.1 Å². The molecule has 0 saturated heterocycles. The topological polar surface area (TPSA) is 132 Å². The number of benzene rings is 2. The molecule has 0 aliphatic carbocycles. The number of ether oxygens (including phenoxy) is 3. The average Bonchev–Trinajstić information content (AvgIpc) is 2.88. The van der Waals surface area contributed by atoms with Crippen molar-refractivity contribution in [2.24, 2.45) is 5.73 Å². The van der Waals surface area contributed by atoms with Gasteiger partial charge in [0.25, 0.3) is 0 Å². The van der Waals surface area contributed by atoms with Crippen LogP contribution in [0.3, 0.4) is 0 Å². The molecule has 2 aromatic carbocycles. The third-order valence-corrected chi connectivity index (χ3v) is 6.02. The normalized spacial score (nSPS) is 15.4. The molecule has 1 heterocycles. The predicted molar refractivity (Wildman–Crippen MR) is 127 cm³/mol.